The summed E-state index contributed by atoms with van der Waals surface area (Å²) in [6, 6.07) is 0. The van der Waals surface area contributed by atoms with E-state index in [1.165, 1.54) is 25.0 Å². The fraction of sp³-hybridized carbons (Fsp3) is 1.00. The van der Waals surface area contributed by atoms with E-state index < -0.39 is 0 Å². The zero-order valence-corrected chi connectivity index (χ0v) is 12.7. The smallest absolute Gasteiger partial charge is 0.108 e. The summed E-state index contributed by atoms with van der Waals surface area (Å²) in [5.74, 6) is 2.23. The topological polar surface area (TPSA) is 9.23 Å². The first-order valence-electron chi connectivity index (χ1n) is 7.04. The van der Waals surface area contributed by atoms with E-state index >= 15 is 0 Å². The van der Waals surface area contributed by atoms with Gasteiger partial charge in [-0.3, -0.25) is 0 Å². The number of hydrogen-bond acceptors (Lipinski definition) is 2. The average Bonchev–Trinajstić information content (AvgIpc) is 2.59. The molecule has 2 heteroatoms. The monoisotopic (exact) mass is 254 g/mol. The average molecular weight is 254 g/mol. The Kier molecular flexibility index (Phi) is 2.50. The molecule has 1 saturated heterocycles. The van der Waals surface area contributed by atoms with Crippen LogP contribution in [0.4, 0.5) is 0 Å². The van der Waals surface area contributed by atoms with Crippen molar-refractivity contribution in [2.24, 2.45) is 22.2 Å². The van der Waals surface area contributed by atoms with Crippen molar-refractivity contribution < 1.29 is 4.74 Å². The summed E-state index contributed by atoms with van der Waals surface area (Å²) in [6.45, 7) is 11.9. The van der Waals surface area contributed by atoms with Crippen LogP contribution in [0.15, 0.2) is 0 Å². The fourth-order valence-electron chi connectivity index (χ4n) is 4.40. The Bertz CT molecular complexity index is 330. The molecular formula is C15H26OS. The van der Waals surface area contributed by atoms with Crippen molar-refractivity contribution in [1.82, 2.24) is 0 Å². The molecule has 0 aromatic rings. The summed E-state index contributed by atoms with van der Waals surface area (Å²) in [4.78, 5) is 0. The maximum absolute atomic E-state index is 6.50. The zero-order chi connectivity index (χ0) is 12.5. The number of ether oxygens (including phenoxy) is 1. The van der Waals surface area contributed by atoms with Crippen LogP contribution in [0.1, 0.15) is 53.9 Å². The van der Waals surface area contributed by atoms with E-state index in [-0.39, 0.29) is 5.41 Å². The summed E-state index contributed by atoms with van der Waals surface area (Å²) in [5, 5.41) is 0. The van der Waals surface area contributed by atoms with E-state index in [4.69, 9.17) is 4.74 Å². The summed E-state index contributed by atoms with van der Waals surface area (Å²) in [7, 11) is 0. The molecule has 3 aliphatic rings. The van der Waals surface area contributed by atoms with Crippen molar-refractivity contribution in [3.63, 3.8) is 0 Å². The molecule has 1 nitrogen and oxygen atoms in total. The quantitative estimate of drug-likeness (QED) is 0.637. The molecule has 1 spiro atoms. The summed E-state index contributed by atoms with van der Waals surface area (Å²) < 4.78 is 6.50. The lowest BCUT2D eigenvalue weighted by Gasteiger charge is -2.49. The van der Waals surface area contributed by atoms with Crippen LogP contribution in [0.25, 0.3) is 0 Å². The Labute approximate surface area is 110 Å². The van der Waals surface area contributed by atoms with E-state index in [1.54, 1.807) is 0 Å². The van der Waals surface area contributed by atoms with Crippen molar-refractivity contribution in [2.75, 3.05) is 5.75 Å². The minimum absolute atomic E-state index is 0.276. The summed E-state index contributed by atoms with van der Waals surface area (Å²) >= 11 is 2.08. The van der Waals surface area contributed by atoms with E-state index in [9.17, 15) is 0 Å². The predicted molar refractivity (Wildman–Crippen MR) is 74.1 cm³/mol. The van der Waals surface area contributed by atoms with Crippen LogP contribution in [0.2, 0.25) is 0 Å². The normalized spacial score (nSPS) is 48.2. The van der Waals surface area contributed by atoms with Crippen LogP contribution in [0.5, 0.6) is 0 Å². The van der Waals surface area contributed by atoms with Crippen molar-refractivity contribution in [3.05, 3.63) is 0 Å². The molecular weight excluding hydrogens is 228 g/mol. The first-order valence-corrected chi connectivity index (χ1v) is 8.09. The molecule has 4 atom stereocenters. The SMILES string of the molecule is CC(C)(C)[C@@H]1O[C@@H]2C[C@H]3CC[C@]2(CS1)C3(C)C. The van der Waals surface area contributed by atoms with Gasteiger partial charge in [0.2, 0.25) is 0 Å². The maximum atomic E-state index is 6.50. The molecule has 0 aromatic heterocycles. The van der Waals surface area contributed by atoms with Gasteiger partial charge in [-0.25, -0.2) is 0 Å². The van der Waals surface area contributed by atoms with Crippen LogP contribution < -0.4 is 0 Å². The van der Waals surface area contributed by atoms with Gasteiger partial charge in [-0.05, 0) is 36.0 Å². The molecule has 1 heterocycles. The van der Waals surface area contributed by atoms with Gasteiger partial charge < -0.3 is 4.74 Å². The van der Waals surface area contributed by atoms with E-state index in [2.05, 4.69) is 46.4 Å². The first-order chi connectivity index (χ1) is 7.77. The van der Waals surface area contributed by atoms with Gasteiger partial charge in [0.15, 0.2) is 0 Å². The lowest BCUT2D eigenvalue weighted by atomic mass is 9.69. The molecule has 0 radical (unpaired) electrons. The highest BCUT2D eigenvalue weighted by atomic mass is 32.2. The van der Waals surface area contributed by atoms with Crippen molar-refractivity contribution in [2.45, 2.75) is 65.4 Å². The molecule has 17 heavy (non-hydrogen) atoms. The van der Waals surface area contributed by atoms with Gasteiger partial charge in [-0.2, -0.15) is 0 Å². The molecule has 0 aromatic carbocycles. The number of fused-ring (bicyclic) bond motifs is 1. The van der Waals surface area contributed by atoms with Gasteiger partial charge in [0, 0.05) is 11.2 Å². The molecule has 98 valence electrons. The third-order valence-electron chi connectivity index (χ3n) is 5.84. The minimum atomic E-state index is 0.276. The van der Waals surface area contributed by atoms with Crippen molar-refractivity contribution >= 4 is 11.8 Å². The highest BCUT2D eigenvalue weighted by molar-refractivity contribution is 7.99. The van der Waals surface area contributed by atoms with Gasteiger partial charge in [-0.1, -0.05) is 34.6 Å². The summed E-state index contributed by atoms with van der Waals surface area (Å²) in [5.41, 5.74) is 1.67. The third kappa shape index (κ3) is 1.49. The zero-order valence-electron chi connectivity index (χ0n) is 11.9. The van der Waals surface area contributed by atoms with E-state index in [1.807, 2.05) is 0 Å². The van der Waals surface area contributed by atoms with Crippen LogP contribution in [-0.2, 0) is 4.74 Å². The predicted octanol–water partition coefficient (Wildman–Crippen LogP) is 4.32. The lowest BCUT2D eigenvalue weighted by Crippen LogP contribution is -2.49. The molecule has 0 N–H and O–H groups in total. The van der Waals surface area contributed by atoms with Crippen LogP contribution >= 0.6 is 11.8 Å². The standard InChI is InChI=1S/C15H26OS/c1-13(2,3)12-16-11-8-10-6-7-15(11,9-17-12)14(10,4)5/h10-12H,6-9H2,1-5H3/t10-,11-,12-,15-/m1/s1. The molecule has 0 unspecified atom stereocenters. The Morgan fingerprint density at radius 2 is 1.94 bits per heavy atom. The van der Waals surface area contributed by atoms with Crippen LogP contribution in [0, 0.1) is 22.2 Å². The molecule has 2 bridgehead atoms. The molecule has 2 saturated carbocycles. The Morgan fingerprint density at radius 3 is 2.53 bits per heavy atom. The largest absolute Gasteiger partial charge is 0.363 e. The van der Waals surface area contributed by atoms with Crippen LogP contribution in [-0.4, -0.2) is 17.3 Å². The second-order valence-electron chi connectivity index (χ2n) is 7.98. The molecule has 2 aliphatic carbocycles. The number of thioether (sulfide) groups is 1. The van der Waals surface area contributed by atoms with Gasteiger partial charge in [0.1, 0.15) is 5.44 Å². The van der Waals surface area contributed by atoms with Gasteiger partial charge in [0.25, 0.3) is 0 Å². The van der Waals surface area contributed by atoms with E-state index in [0.717, 1.165) is 5.92 Å². The molecule has 1 aliphatic heterocycles. The highest BCUT2D eigenvalue weighted by Crippen LogP contribution is 2.69. The van der Waals surface area contributed by atoms with Crippen LogP contribution in [0.3, 0.4) is 0 Å². The fourth-order valence-corrected chi connectivity index (χ4v) is 6.26. The minimum Gasteiger partial charge on any atom is -0.363 e. The Morgan fingerprint density at radius 1 is 1.24 bits per heavy atom. The lowest BCUT2D eigenvalue weighted by molar-refractivity contribution is -0.0932. The molecule has 0 amide bonds. The highest BCUT2D eigenvalue weighted by Gasteiger charge is 2.66. The second-order valence-corrected chi connectivity index (χ2v) is 9.03. The molecule has 3 rings (SSSR count). The molecule has 3 fully saturated rings. The van der Waals surface area contributed by atoms with Gasteiger partial charge in [-0.15, -0.1) is 11.8 Å². The van der Waals surface area contributed by atoms with E-state index in [0.29, 0.717) is 22.4 Å². The van der Waals surface area contributed by atoms with Crippen molar-refractivity contribution in [3.8, 4) is 0 Å². The Balaban J connectivity index is 1.85. The number of rotatable bonds is 0. The maximum Gasteiger partial charge on any atom is 0.108 e. The second kappa shape index (κ2) is 3.45. The summed E-state index contributed by atoms with van der Waals surface area (Å²) in [6.07, 6.45) is 4.70. The Hall–Kier alpha value is 0.310. The van der Waals surface area contributed by atoms with Gasteiger partial charge >= 0.3 is 0 Å². The number of hydrogen-bond donors (Lipinski definition) is 0. The van der Waals surface area contributed by atoms with Crippen molar-refractivity contribution in [1.29, 1.82) is 0 Å². The first kappa shape index (κ1) is 12.3. The third-order valence-corrected chi connectivity index (χ3v) is 7.65. The van der Waals surface area contributed by atoms with Gasteiger partial charge in [0.05, 0.1) is 6.10 Å².